The van der Waals surface area contributed by atoms with E-state index in [4.69, 9.17) is 19.3 Å². The first-order valence-electron chi connectivity index (χ1n) is 6.14. The molecule has 0 aromatic heterocycles. The minimum atomic E-state index is -0.185. The van der Waals surface area contributed by atoms with Crippen molar-refractivity contribution in [1.29, 1.82) is 0 Å². The van der Waals surface area contributed by atoms with Gasteiger partial charge >= 0.3 is 0 Å². The lowest BCUT2D eigenvalue weighted by Gasteiger charge is -2.16. The zero-order chi connectivity index (χ0) is 14.1. The summed E-state index contributed by atoms with van der Waals surface area (Å²) in [6, 6.07) is 5.44. The van der Waals surface area contributed by atoms with Crippen LogP contribution in [0.15, 0.2) is 18.2 Å². The van der Waals surface area contributed by atoms with E-state index in [1.807, 2.05) is 19.1 Å². The molecule has 1 N–H and O–H groups in total. The first-order chi connectivity index (χ1) is 9.21. The Morgan fingerprint density at radius 3 is 2.74 bits per heavy atom. The number of aliphatic hydroxyl groups is 1. The van der Waals surface area contributed by atoms with Crippen molar-refractivity contribution in [3.05, 3.63) is 23.8 Å². The molecule has 0 fully saturated rings. The van der Waals surface area contributed by atoms with Crippen LogP contribution in [-0.2, 0) is 4.74 Å². The van der Waals surface area contributed by atoms with Crippen LogP contribution in [0.5, 0.6) is 11.5 Å². The van der Waals surface area contributed by atoms with Crippen molar-refractivity contribution < 1.29 is 19.3 Å². The van der Waals surface area contributed by atoms with Crippen LogP contribution in [0, 0.1) is 11.8 Å². The maximum absolute atomic E-state index is 8.78. The van der Waals surface area contributed by atoms with Crippen LogP contribution in [0.4, 0.5) is 0 Å². The Labute approximate surface area is 114 Å². The van der Waals surface area contributed by atoms with E-state index >= 15 is 0 Å². The number of aliphatic hydroxyl groups excluding tert-OH is 1. The van der Waals surface area contributed by atoms with E-state index in [1.54, 1.807) is 20.3 Å². The third-order valence-electron chi connectivity index (χ3n) is 2.55. The van der Waals surface area contributed by atoms with Gasteiger partial charge in [0, 0.05) is 20.1 Å². The Balaban J connectivity index is 2.86. The molecule has 1 unspecified atom stereocenters. The second-order valence-electron chi connectivity index (χ2n) is 4.03. The Kier molecular flexibility index (Phi) is 6.80. The highest BCUT2D eigenvalue weighted by Gasteiger charge is 2.08. The summed E-state index contributed by atoms with van der Waals surface area (Å²) in [6.07, 6.45) is 0.832. The maximum Gasteiger partial charge on any atom is 0.135 e. The molecule has 1 aromatic carbocycles. The zero-order valence-corrected chi connectivity index (χ0v) is 11.6. The van der Waals surface area contributed by atoms with Crippen molar-refractivity contribution in [2.75, 3.05) is 27.4 Å². The van der Waals surface area contributed by atoms with Crippen LogP contribution in [-0.4, -0.2) is 38.6 Å². The molecule has 0 bridgehead atoms. The van der Waals surface area contributed by atoms with Crippen LogP contribution in [0.1, 0.15) is 18.9 Å². The normalized spacial score (nSPS) is 11.4. The smallest absolute Gasteiger partial charge is 0.135 e. The van der Waals surface area contributed by atoms with Gasteiger partial charge < -0.3 is 19.3 Å². The molecule has 0 aliphatic rings. The standard InChI is InChI=1S/C15H20O4/c1-12(8-10-17-2)19-15-7-6-14(18-3)11-13(15)5-4-9-16/h6-7,11-12,16H,8-10H2,1-3H3. The van der Waals surface area contributed by atoms with Gasteiger partial charge in [0.2, 0.25) is 0 Å². The highest BCUT2D eigenvalue weighted by molar-refractivity contribution is 5.50. The molecule has 4 heteroatoms. The maximum atomic E-state index is 8.78. The zero-order valence-electron chi connectivity index (χ0n) is 11.6. The van der Waals surface area contributed by atoms with Gasteiger partial charge in [-0.3, -0.25) is 0 Å². The lowest BCUT2D eigenvalue weighted by atomic mass is 10.2. The Morgan fingerprint density at radius 1 is 1.32 bits per heavy atom. The van der Waals surface area contributed by atoms with Crippen LogP contribution in [0.25, 0.3) is 0 Å². The monoisotopic (exact) mass is 264 g/mol. The fourth-order valence-electron chi connectivity index (χ4n) is 1.53. The summed E-state index contributed by atoms with van der Waals surface area (Å²) in [5, 5.41) is 8.78. The summed E-state index contributed by atoms with van der Waals surface area (Å²) >= 11 is 0. The van der Waals surface area contributed by atoms with E-state index in [0.717, 1.165) is 6.42 Å². The molecule has 0 spiro atoms. The lowest BCUT2D eigenvalue weighted by molar-refractivity contribution is 0.135. The SMILES string of the molecule is COCCC(C)Oc1ccc(OC)cc1C#CCO. The average molecular weight is 264 g/mol. The number of ether oxygens (including phenoxy) is 3. The van der Waals surface area contributed by atoms with Gasteiger partial charge in [-0.15, -0.1) is 0 Å². The van der Waals surface area contributed by atoms with Crippen molar-refractivity contribution in [2.24, 2.45) is 0 Å². The topological polar surface area (TPSA) is 47.9 Å². The number of hydrogen-bond acceptors (Lipinski definition) is 4. The van der Waals surface area contributed by atoms with Gasteiger partial charge in [0.15, 0.2) is 0 Å². The fraction of sp³-hybridized carbons (Fsp3) is 0.467. The summed E-state index contributed by atoms with van der Waals surface area (Å²) in [7, 11) is 3.26. The molecule has 1 atom stereocenters. The molecule has 0 aliphatic carbocycles. The largest absolute Gasteiger partial charge is 0.497 e. The predicted octanol–water partition coefficient (Wildman–Crippen LogP) is 1.84. The predicted molar refractivity (Wildman–Crippen MR) is 73.5 cm³/mol. The summed E-state index contributed by atoms with van der Waals surface area (Å²) < 4.78 is 16.0. The molecule has 0 saturated heterocycles. The van der Waals surface area contributed by atoms with E-state index in [9.17, 15) is 0 Å². The Bertz CT molecular complexity index is 445. The highest BCUT2D eigenvalue weighted by atomic mass is 16.5. The highest BCUT2D eigenvalue weighted by Crippen LogP contribution is 2.24. The Morgan fingerprint density at radius 2 is 2.11 bits per heavy atom. The molecule has 0 aliphatic heterocycles. The minimum Gasteiger partial charge on any atom is -0.497 e. The van der Waals surface area contributed by atoms with Gasteiger partial charge in [-0.05, 0) is 25.1 Å². The van der Waals surface area contributed by atoms with Crippen molar-refractivity contribution >= 4 is 0 Å². The first kappa shape index (κ1) is 15.4. The van der Waals surface area contributed by atoms with Gasteiger partial charge in [-0.1, -0.05) is 11.8 Å². The van der Waals surface area contributed by atoms with Gasteiger partial charge in [-0.25, -0.2) is 0 Å². The molecule has 0 radical (unpaired) electrons. The number of hydrogen-bond donors (Lipinski definition) is 1. The number of methoxy groups -OCH3 is 2. The molecular formula is C15H20O4. The van der Waals surface area contributed by atoms with Gasteiger partial charge in [0.25, 0.3) is 0 Å². The van der Waals surface area contributed by atoms with Crippen LogP contribution in [0.3, 0.4) is 0 Å². The molecule has 1 rings (SSSR count). The van der Waals surface area contributed by atoms with Crippen molar-refractivity contribution in [3.63, 3.8) is 0 Å². The van der Waals surface area contributed by atoms with Gasteiger partial charge in [-0.2, -0.15) is 0 Å². The lowest BCUT2D eigenvalue weighted by Crippen LogP contribution is -2.14. The molecular weight excluding hydrogens is 244 g/mol. The quantitative estimate of drug-likeness (QED) is 0.797. The van der Waals surface area contributed by atoms with Crippen molar-refractivity contribution in [1.82, 2.24) is 0 Å². The van der Waals surface area contributed by atoms with E-state index in [0.29, 0.717) is 23.7 Å². The van der Waals surface area contributed by atoms with Crippen molar-refractivity contribution in [2.45, 2.75) is 19.4 Å². The second kappa shape index (κ2) is 8.41. The third-order valence-corrected chi connectivity index (χ3v) is 2.55. The van der Waals surface area contributed by atoms with E-state index in [1.165, 1.54) is 0 Å². The molecule has 0 heterocycles. The number of rotatable bonds is 6. The molecule has 104 valence electrons. The third kappa shape index (κ3) is 5.21. The first-order valence-corrected chi connectivity index (χ1v) is 6.14. The van der Waals surface area contributed by atoms with E-state index < -0.39 is 0 Å². The summed E-state index contributed by atoms with van der Waals surface area (Å²) in [6.45, 7) is 2.44. The number of benzene rings is 1. The molecule has 0 saturated carbocycles. The average Bonchev–Trinajstić information content (AvgIpc) is 2.44. The van der Waals surface area contributed by atoms with Crippen LogP contribution >= 0.6 is 0 Å². The minimum absolute atomic E-state index is 0.0306. The van der Waals surface area contributed by atoms with Gasteiger partial charge in [0.05, 0.1) is 18.8 Å². The summed E-state index contributed by atoms with van der Waals surface area (Å²) in [5.41, 5.74) is 0.706. The van der Waals surface area contributed by atoms with Crippen molar-refractivity contribution in [3.8, 4) is 23.3 Å². The summed E-state index contributed by atoms with van der Waals surface area (Å²) in [5.74, 6) is 6.87. The molecule has 4 nitrogen and oxygen atoms in total. The fourth-order valence-corrected chi connectivity index (χ4v) is 1.53. The summed E-state index contributed by atoms with van der Waals surface area (Å²) in [4.78, 5) is 0. The molecule has 19 heavy (non-hydrogen) atoms. The second-order valence-corrected chi connectivity index (χ2v) is 4.03. The van der Waals surface area contributed by atoms with E-state index in [2.05, 4.69) is 11.8 Å². The Hall–Kier alpha value is -1.70. The molecule has 0 amide bonds. The molecule has 1 aromatic rings. The van der Waals surface area contributed by atoms with Crippen LogP contribution < -0.4 is 9.47 Å². The van der Waals surface area contributed by atoms with Gasteiger partial charge in [0.1, 0.15) is 18.1 Å². The van der Waals surface area contributed by atoms with E-state index in [-0.39, 0.29) is 12.7 Å². The van der Waals surface area contributed by atoms with Crippen LogP contribution in [0.2, 0.25) is 0 Å².